The van der Waals surface area contributed by atoms with E-state index >= 15 is 0 Å². The van der Waals surface area contributed by atoms with Gasteiger partial charge in [-0.2, -0.15) is 0 Å². The first-order valence-corrected chi connectivity index (χ1v) is 11.9. The highest BCUT2D eigenvalue weighted by Gasteiger charge is 2.25. The van der Waals surface area contributed by atoms with Crippen LogP contribution in [-0.2, 0) is 14.8 Å². The number of sulfonamides is 1. The van der Waals surface area contributed by atoms with Gasteiger partial charge in [0.25, 0.3) is 0 Å². The van der Waals surface area contributed by atoms with Crippen molar-refractivity contribution in [1.82, 2.24) is 19.8 Å². The lowest BCUT2D eigenvalue weighted by atomic mass is 10.2. The van der Waals surface area contributed by atoms with Crippen LogP contribution in [0.4, 0.5) is 0 Å². The Hall–Kier alpha value is -0.900. The van der Waals surface area contributed by atoms with Crippen molar-refractivity contribution >= 4 is 39.1 Å². The van der Waals surface area contributed by atoms with Crippen molar-refractivity contribution in [2.45, 2.75) is 26.2 Å². The molecule has 0 unspecified atom stereocenters. The number of amides is 1. The van der Waals surface area contributed by atoms with Crippen LogP contribution in [0, 0.1) is 0 Å². The Morgan fingerprint density at radius 1 is 1.28 bits per heavy atom. The van der Waals surface area contributed by atoms with Crippen LogP contribution in [0.15, 0.2) is 33.7 Å². The summed E-state index contributed by atoms with van der Waals surface area (Å²) in [5.74, 6) is -0.187. The maximum absolute atomic E-state index is 12.5. The summed E-state index contributed by atoms with van der Waals surface area (Å²) in [7, 11) is -2.51. The van der Waals surface area contributed by atoms with E-state index in [1.165, 1.54) is 13.1 Å². The number of hydrogen-bond acceptors (Lipinski definition) is 5. The molecule has 0 aromatic heterocycles. The number of carbonyl (C=O) groups is 1. The van der Waals surface area contributed by atoms with Gasteiger partial charge < -0.3 is 15.5 Å². The van der Waals surface area contributed by atoms with Crippen molar-refractivity contribution in [2.75, 3.05) is 52.9 Å². The Morgan fingerprint density at radius 2 is 1.93 bits per heavy atom. The van der Waals surface area contributed by atoms with Gasteiger partial charge in [-0.3, -0.25) is 4.79 Å². The molecule has 1 saturated heterocycles. The van der Waals surface area contributed by atoms with Crippen LogP contribution in [0.25, 0.3) is 0 Å². The van der Waals surface area contributed by atoms with Crippen LogP contribution >= 0.6 is 23.2 Å². The van der Waals surface area contributed by atoms with E-state index in [1.807, 2.05) is 0 Å². The minimum absolute atomic E-state index is 0.0272. The molecular weight excluding hydrogens is 435 g/mol. The molecule has 1 fully saturated rings. The zero-order valence-electron chi connectivity index (χ0n) is 17.2. The largest absolute Gasteiger partial charge is 0.356 e. The van der Waals surface area contributed by atoms with E-state index in [-0.39, 0.29) is 33.8 Å². The lowest BCUT2D eigenvalue weighted by Crippen LogP contribution is -2.43. The van der Waals surface area contributed by atoms with Gasteiger partial charge in [0, 0.05) is 52.7 Å². The molecule has 166 valence electrons. The van der Waals surface area contributed by atoms with Gasteiger partial charge in [-0.25, -0.2) is 12.7 Å². The van der Waals surface area contributed by atoms with Crippen molar-refractivity contribution in [3.05, 3.63) is 33.7 Å². The lowest BCUT2D eigenvalue weighted by Gasteiger charge is -2.27. The van der Waals surface area contributed by atoms with Gasteiger partial charge in [-0.1, -0.05) is 35.9 Å². The number of carbonyl (C=O) groups excluding carboxylic acids is 1. The molecule has 1 rings (SSSR count). The monoisotopic (exact) mass is 466 g/mol. The Kier molecular flexibility index (Phi) is 12.1. The molecule has 0 spiro atoms. The first kappa shape index (κ1) is 26.1. The second-order valence-corrected chi connectivity index (χ2v) is 9.66. The van der Waals surface area contributed by atoms with Crippen molar-refractivity contribution in [3.8, 4) is 0 Å². The molecule has 0 atom stereocenters. The number of halogens is 2. The van der Waals surface area contributed by atoms with E-state index in [4.69, 9.17) is 23.2 Å². The van der Waals surface area contributed by atoms with Gasteiger partial charge in [0.2, 0.25) is 15.9 Å². The molecule has 0 radical (unpaired) electrons. The Bertz CT molecular complexity index is 717. The van der Waals surface area contributed by atoms with E-state index in [9.17, 15) is 13.2 Å². The topological polar surface area (TPSA) is 81.8 Å². The first-order chi connectivity index (χ1) is 13.7. The Morgan fingerprint density at radius 3 is 2.55 bits per heavy atom. The van der Waals surface area contributed by atoms with Crippen LogP contribution < -0.4 is 10.6 Å². The average molecular weight is 467 g/mol. The van der Waals surface area contributed by atoms with E-state index in [0.717, 1.165) is 49.9 Å². The van der Waals surface area contributed by atoms with Gasteiger partial charge in [-0.05, 0) is 32.4 Å². The lowest BCUT2D eigenvalue weighted by molar-refractivity contribution is -0.121. The predicted octanol–water partition coefficient (Wildman–Crippen LogP) is 2.22. The van der Waals surface area contributed by atoms with Gasteiger partial charge in [0.15, 0.2) is 0 Å². The normalized spacial score (nSPS) is 16.9. The van der Waals surface area contributed by atoms with E-state index in [2.05, 4.69) is 22.1 Å². The van der Waals surface area contributed by atoms with Crippen LogP contribution in [0.3, 0.4) is 0 Å². The molecule has 0 aromatic carbocycles. The maximum Gasteiger partial charge on any atom is 0.243 e. The Labute approximate surface area is 184 Å². The summed E-state index contributed by atoms with van der Waals surface area (Å²) >= 11 is 12.0. The molecule has 1 aliphatic rings. The number of unbranched alkanes of at least 4 members (excludes halogenated alkanes) is 1. The zero-order valence-corrected chi connectivity index (χ0v) is 19.5. The second-order valence-electron chi connectivity index (χ2n) is 6.81. The fraction of sp³-hybridized carbons (Fsp3) is 0.632. The molecule has 7 nitrogen and oxygen atoms in total. The molecule has 1 aliphatic heterocycles. The van der Waals surface area contributed by atoms with E-state index in [1.54, 1.807) is 13.0 Å². The zero-order chi connectivity index (χ0) is 21.9. The number of nitrogens with zero attached hydrogens (tertiary/aromatic N) is 2. The van der Waals surface area contributed by atoms with Gasteiger partial charge in [0.1, 0.15) is 0 Å². The molecule has 0 bridgehead atoms. The van der Waals surface area contributed by atoms with Gasteiger partial charge in [0.05, 0.1) is 15.0 Å². The second kappa shape index (κ2) is 13.4. The molecular formula is C19H32Cl2N4O3S. The summed E-state index contributed by atoms with van der Waals surface area (Å²) in [5, 5.41) is 6.11. The van der Waals surface area contributed by atoms with E-state index in [0.29, 0.717) is 6.54 Å². The smallest absolute Gasteiger partial charge is 0.243 e. The van der Waals surface area contributed by atoms with Crippen LogP contribution in [0.1, 0.15) is 26.2 Å². The average Bonchev–Trinajstić information content (AvgIpc) is 2.71. The summed E-state index contributed by atoms with van der Waals surface area (Å²) in [6.45, 7) is 11.1. The van der Waals surface area contributed by atoms with E-state index < -0.39 is 10.0 Å². The summed E-state index contributed by atoms with van der Waals surface area (Å²) in [6, 6.07) is 0. The number of nitrogens with one attached hydrogen (secondary N) is 2. The molecule has 10 heteroatoms. The highest BCUT2D eigenvalue weighted by Crippen LogP contribution is 2.27. The van der Waals surface area contributed by atoms with Gasteiger partial charge >= 0.3 is 0 Å². The number of allylic oxidation sites excluding steroid dienone is 4. The molecule has 29 heavy (non-hydrogen) atoms. The summed E-state index contributed by atoms with van der Waals surface area (Å²) in [4.78, 5) is 14.1. The summed E-state index contributed by atoms with van der Waals surface area (Å²) in [5.41, 5.74) is 0. The van der Waals surface area contributed by atoms with Crippen molar-refractivity contribution in [2.24, 2.45) is 0 Å². The van der Waals surface area contributed by atoms with Crippen molar-refractivity contribution in [3.63, 3.8) is 0 Å². The third kappa shape index (κ3) is 9.19. The first-order valence-electron chi connectivity index (χ1n) is 9.73. The quantitative estimate of drug-likeness (QED) is 0.340. The highest BCUT2D eigenvalue weighted by atomic mass is 35.5. The minimum Gasteiger partial charge on any atom is -0.356 e. The number of rotatable bonds is 12. The third-order valence-corrected chi connectivity index (χ3v) is 7.36. The molecule has 0 aliphatic carbocycles. The fourth-order valence-corrected chi connectivity index (χ4v) is 4.44. The molecule has 0 aromatic rings. The Balaban J connectivity index is 2.34. The molecule has 1 amide bonds. The number of piperazine rings is 1. The molecule has 1 heterocycles. The third-order valence-electron chi connectivity index (χ3n) is 4.58. The van der Waals surface area contributed by atoms with Crippen LogP contribution in [0.5, 0.6) is 0 Å². The minimum atomic E-state index is -3.90. The van der Waals surface area contributed by atoms with Crippen molar-refractivity contribution in [1.29, 1.82) is 0 Å². The van der Waals surface area contributed by atoms with Crippen molar-refractivity contribution < 1.29 is 13.2 Å². The van der Waals surface area contributed by atoms with Crippen LogP contribution in [-0.4, -0.2) is 76.4 Å². The van der Waals surface area contributed by atoms with Gasteiger partial charge in [-0.15, -0.1) is 0 Å². The maximum atomic E-state index is 12.5. The molecule has 0 saturated carbocycles. The summed E-state index contributed by atoms with van der Waals surface area (Å²) in [6.07, 6.45) is 5.10. The summed E-state index contributed by atoms with van der Waals surface area (Å²) < 4.78 is 26.1. The standard InChI is InChI=1S/C19H32Cl2N4O3S/c1-4-7-17(20)19(21)16(2)29(27,28)24(3)13-8-18(26)23-9-5-6-12-25-14-10-22-11-15-25/h4,7,22H,2,5-6,8-15H2,1,3H3,(H,23,26). The number of hydrogen-bond donors (Lipinski definition) is 2. The SMILES string of the molecule is C=C(C(Cl)=C(Cl)C=CC)S(=O)(=O)N(C)CCC(=O)NCCCCN1CCNCC1. The van der Waals surface area contributed by atoms with Crippen LogP contribution in [0.2, 0.25) is 0 Å². The predicted molar refractivity (Wildman–Crippen MR) is 120 cm³/mol. The fourth-order valence-electron chi connectivity index (χ4n) is 2.74. The molecule has 2 N–H and O–H groups in total. The highest BCUT2D eigenvalue weighted by molar-refractivity contribution is 7.93.